The van der Waals surface area contributed by atoms with Crippen molar-refractivity contribution in [2.75, 3.05) is 22.9 Å². The molecule has 6 nitrogen and oxygen atoms in total. The first-order valence-electron chi connectivity index (χ1n) is 14.8. The largest absolute Gasteiger partial charge is 0.291 e. The maximum absolute atomic E-state index is 13.9. The molecule has 4 atom stereocenters. The van der Waals surface area contributed by atoms with Gasteiger partial charge in [0.25, 0.3) is 0 Å². The van der Waals surface area contributed by atoms with Gasteiger partial charge in [-0.2, -0.15) is 0 Å². The van der Waals surface area contributed by atoms with Crippen molar-refractivity contribution < 1.29 is 9.59 Å². The van der Waals surface area contributed by atoms with Crippen molar-refractivity contribution in [3.8, 4) is 0 Å². The van der Waals surface area contributed by atoms with E-state index < -0.39 is 0 Å². The van der Waals surface area contributed by atoms with Crippen LogP contribution in [0.2, 0.25) is 0 Å². The first-order valence-corrected chi connectivity index (χ1v) is 14.8. The number of nitrogens with zero attached hydrogens (tertiary/aromatic N) is 4. The lowest BCUT2D eigenvalue weighted by Crippen LogP contribution is -2.35. The summed E-state index contributed by atoms with van der Waals surface area (Å²) in [6.07, 6.45) is 3.54. The molecule has 4 heterocycles. The summed E-state index contributed by atoms with van der Waals surface area (Å²) in [7, 11) is 0. The summed E-state index contributed by atoms with van der Waals surface area (Å²) in [5, 5.41) is 0. The number of fused-ring (bicyclic) bond motifs is 2. The van der Waals surface area contributed by atoms with Gasteiger partial charge in [0, 0.05) is 24.5 Å². The summed E-state index contributed by atoms with van der Waals surface area (Å²) in [4.78, 5) is 36.6. The minimum Gasteiger partial charge on any atom is -0.291 e. The number of benzene rings is 3. The standard InChI is InChI=1S/C34H38N4O2/c1-34(2,3)27-19-18-23(30-35-20-10-16-28(35)32(39)37(30)24-12-6-4-7-13-24)22-26(27)31-36-21-11-17-29(36)33(40)38(31)25-14-8-5-9-15-25/h4-9,12-15,18-19,22,28-31H,10-11,16-17,20-21H2,1-3H3/t28-,29-,30+,31+/m0/s1. The highest BCUT2D eigenvalue weighted by Gasteiger charge is 2.52. The Labute approximate surface area is 237 Å². The van der Waals surface area contributed by atoms with E-state index in [2.05, 4.69) is 60.9 Å². The number of anilines is 2. The third kappa shape index (κ3) is 3.92. The van der Waals surface area contributed by atoms with Crippen LogP contribution in [0.3, 0.4) is 0 Å². The van der Waals surface area contributed by atoms with Crippen LogP contribution in [-0.4, -0.2) is 46.8 Å². The molecule has 0 saturated carbocycles. The zero-order chi connectivity index (χ0) is 27.6. The van der Waals surface area contributed by atoms with Crippen LogP contribution in [0.4, 0.5) is 11.4 Å². The second-order valence-electron chi connectivity index (χ2n) is 12.7. The Morgan fingerprint density at radius 2 is 1.15 bits per heavy atom. The van der Waals surface area contributed by atoms with E-state index in [1.165, 1.54) is 11.1 Å². The van der Waals surface area contributed by atoms with E-state index in [9.17, 15) is 9.59 Å². The monoisotopic (exact) mass is 534 g/mol. The van der Waals surface area contributed by atoms with Crippen molar-refractivity contribution >= 4 is 23.2 Å². The molecule has 206 valence electrons. The summed E-state index contributed by atoms with van der Waals surface area (Å²) in [5.41, 5.74) is 5.31. The molecule has 0 radical (unpaired) electrons. The van der Waals surface area contributed by atoms with Gasteiger partial charge >= 0.3 is 0 Å². The second kappa shape index (κ2) is 9.57. The number of carbonyl (C=O) groups is 2. The van der Waals surface area contributed by atoms with Crippen molar-refractivity contribution in [2.24, 2.45) is 0 Å². The van der Waals surface area contributed by atoms with E-state index in [0.717, 1.165) is 55.7 Å². The first kappa shape index (κ1) is 25.5. The van der Waals surface area contributed by atoms with Gasteiger partial charge in [-0.1, -0.05) is 69.3 Å². The van der Waals surface area contributed by atoms with Crippen LogP contribution in [-0.2, 0) is 15.0 Å². The Balaban J connectivity index is 1.40. The third-order valence-electron chi connectivity index (χ3n) is 9.28. The molecule has 4 aliphatic heterocycles. The molecule has 4 fully saturated rings. The van der Waals surface area contributed by atoms with Gasteiger partial charge in [-0.15, -0.1) is 0 Å². The molecule has 0 unspecified atom stereocenters. The van der Waals surface area contributed by atoms with Crippen molar-refractivity contribution in [1.82, 2.24) is 9.80 Å². The minimum atomic E-state index is -0.173. The number of hydrogen-bond donors (Lipinski definition) is 0. The zero-order valence-corrected chi connectivity index (χ0v) is 23.7. The molecule has 3 aromatic rings. The summed E-state index contributed by atoms with van der Waals surface area (Å²) in [6.45, 7) is 8.57. The molecule has 2 amide bonds. The van der Waals surface area contributed by atoms with Gasteiger partial charge in [0.05, 0.1) is 12.1 Å². The summed E-state index contributed by atoms with van der Waals surface area (Å²) < 4.78 is 0. The summed E-state index contributed by atoms with van der Waals surface area (Å²) in [5.74, 6) is 0.386. The Hall–Kier alpha value is -3.48. The number of carbonyl (C=O) groups excluding carboxylic acids is 2. The van der Waals surface area contributed by atoms with Crippen molar-refractivity contribution in [3.63, 3.8) is 0 Å². The average Bonchev–Trinajstić information content (AvgIpc) is 3.72. The maximum atomic E-state index is 13.9. The molecule has 6 heteroatoms. The molecule has 0 aliphatic carbocycles. The topological polar surface area (TPSA) is 47.1 Å². The molecule has 7 rings (SSSR count). The van der Waals surface area contributed by atoms with Gasteiger partial charge in [0.2, 0.25) is 11.8 Å². The van der Waals surface area contributed by atoms with Crippen LogP contribution in [0.15, 0.2) is 78.9 Å². The highest BCUT2D eigenvalue weighted by molar-refractivity contribution is 6.01. The van der Waals surface area contributed by atoms with E-state index >= 15 is 0 Å². The van der Waals surface area contributed by atoms with Crippen LogP contribution >= 0.6 is 0 Å². The van der Waals surface area contributed by atoms with Gasteiger partial charge in [-0.25, -0.2) is 0 Å². The number of rotatable bonds is 4. The normalized spacial score (nSPS) is 27.1. The molecule has 40 heavy (non-hydrogen) atoms. The molecule has 0 aromatic heterocycles. The molecule has 4 aliphatic rings. The Kier molecular flexibility index (Phi) is 6.09. The highest BCUT2D eigenvalue weighted by atomic mass is 16.2. The van der Waals surface area contributed by atoms with E-state index in [-0.39, 0.29) is 41.6 Å². The van der Waals surface area contributed by atoms with Crippen molar-refractivity contribution in [1.29, 1.82) is 0 Å². The van der Waals surface area contributed by atoms with Gasteiger partial charge in [-0.3, -0.25) is 29.2 Å². The van der Waals surface area contributed by atoms with Crippen LogP contribution in [0, 0.1) is 0 Å². The van der Waals surface area contributed by atoms with Crippen molar-refractivity contribution in [2.45, 2.75) is 76.3 Å². The van der Waals surface area contributed by atoms with Crippen molar-refractivity contribution in [3.05, 3.63) is 95.6 Å². The predicted molar refractivity (Wildman–Crippen MR) is 158 cm³/mol. The SMILES string of the molecule is CC(C)(C)c1ccc([C@H]2N(c3ccccc3)C(=O)[C@@H]3CCCN32)cc1[C@H]1N(c2ccccc2)C(=O)[C@@H]2CCCN21. The molecule has 0 bridgehead atoms. The molecular weight excluding hydrogens is 496 g/mol. The minimum absolute atomic E-state index is 0.0761. The van der Waals surface area contributed by atoms with Crippen LogP contribution < -0.4 is 9.80 Å². The lowest BCUT2D eigenvalue weighted by atomic mass is 9.81. The smallest absolute Gasteiger partial charge is 0.246 e. The fourth-order valence-corrected chi connectivity index (χ4v) is 7.56. The fourth-order valence-electron chi connectivity index (χ4n) is 7.56. The Morgan fingerprint density at radius 3 is 1.68 bits per heavy atom. The third-order valence-corrected chi connectivity index (χ3v) is 9.28. The van der Waals surface area contributed by atoms with Gasteiger partial charge in [-0.05, 0) is 78.1 Å². The second-order valence-corrected chi connectivity index (χ2v) is 12.7. The number of para-hydroxylation sites is 2. The summed E-state index contributed by atoms with van der Waals surface area (Å²) >= 11 is 0. The maximum Gasteiger partial charge on any atom is 0.246 e. The Bertz CT molecular complexity index is 1430. The van der Waals surface area contributed by atoms with E-state index in [1.807, 2.05) is 58.3 Å². The van der Waals surface area contributed by atoms with Crippen LogP contribution in [0.25, 0.3) is 0 Å². The lowest BCUT2D eigenvalue weighted by molar-refractivity contribution is -0.120. The highest BCUT2D eigenvalue weighted by Crippen LogP contribution is 2.48. The first-order chi connectivity index (χ1) is 19.3. The Morgan fingerprint density at radius 1 is 0.650 bits per heavy atom. The van der Waals surface area contributed by atoms with Crippen LogP contribution in [0.5, 0.6) is 0 Å². The lowest BCUT2D eigenvalue weighted by Gasteiger charge is -2.36. The van der Waals surface area contributed by atoms with Gasteiger partial charge in [0.1, 0.15) is 12.3 Å². The van der Waals surface area contributed by atoms with Gasteiger partial charge < -0.3 is 0 Å². The predicted octanol–water partition coefficient (Wildman–Crippen LogP) is 6.00. The summed E-state index contributed by atoms with van der Waals surface area (Å²) in [6, 6.07) is 26.9. The molecule has 0 spiro atoms. The average molecular weight is 535 g/mol. The quantitative estimate of drug-likeness (QED) is 0.412. The molecule has 0 N–H and O–H groups in total. The number of hydrogen-bond acceptors (Lipinski definition) is 4. The fraction of sp³-hybridized carbons (Fsp3) is 0.412. The molecular formula is C34H38N4O2. The molecule has 3 aromatic carbocycles. The number of amides is 2. The van der Waals surface area contributed by atoms with E-state index in [1.54, 1.807) is 0 Å². The molecule has 4 saturated heterocycles. The van der Waals surface area contributed by atoms with Gasteiger partial charge in [0.15, 0.2) is 0 Å². The van der Waals surface area contributed by atoms with E-state index in [4.69, 9.17) is 0 Å². The zero-order valence-electron chi connectivity index (χ0n) is 23.7. The van der Waals surface area contributed by atoms with Crippen LogP contribution in [0.1, 0.15) is 75.5 Å². The van der Waals surface area contributed by atoms with E-state index in [0.29, 0.717) is 0 Å².